The van der Waals surface area contributed by atoms with Gasteiger partial charge in [-0.05, 0) is 48.9 Å². The quantitative estimate of drug-likeness (QED) is 0.729. The third-order valence-corrected chi connectivity index (χ3v) is 5.54. The molecule has 0 aliphatic carbocycles. The van der Waals surface area contributed by atoms with Gasteiger partial charge >= 0.3 is 0 Å². The van der Waals surface area contributed by atoms with E-state index < -0.39 is 0 Å². The van der Waals surface area contributed by atoms with Crippen molar-refractivity contribution in [3.63, 3.8) is 0 Å². The van der Waals surface area contributed by atoms with Crippen molar-refractivity contribution in [2.24, 2.45) is 0 Å². The first kappa shape index (κ1) is 17.5. The lowest BCUT2D eigenvalue weighted by atomic mass is 9.98. The molecule has 0 fully saturated rings. The summed E-state index contributed by atoms with van der Waals surface area (Å²) in [7, 11) is 0. The summed E-state index contributed by atoms with van der Waals surface area (Å²) in [6.45, 7) is 8.28. The van der Waals surface area contributed by atoms with E-state index in [1.807, 2.05) is 37.3 Å². The first-order valence-corrected chi connectivity index (χ1v) is 9.46. The molecule has 4 rings (SSSR count). The zero-order valence-electron chi connectivity index (χ0n) is 16.2. The minimum Gasteiger partial charge on any atom is -0.343 e. The topological polar surface area (TPSA) is 51.1 Å². The van der Waals surface area contributed by atoms with Crippen LogP contribution < -0.4 is 10.7 Å². The Morgan fingerprint density at radius 2 is 1.93 bits per heavy atom. The molecule has 0 spiro atoms. The normalized spacial score (nSPS) is 15.5. The molecule has 4 nitrogen and oxygen atoms in total. The molecule has 0 radical (unpaired) electrons. The van der Waals surface area contributed by atoms with Crippen LogP contribution in [-0.4, -0.2) is 10.5 Å². The molecule has 1 N–H and O–H groups in total. The molecule has 1 amide bonds. The van der Waals surface area contributed by atoms with E-state index in [1.54, 1.807) is 6.20 Å². The number of carbonyl (C=O) groups excluding carboxylic acids is 1. The van der Waals surface area contributed by atoms with Gasteiger partial charge in [0.1, 0.15) is 5.56 Å². The molecule has 138 valence electrons. The van der Waals surface area contributed by atoms with Gasteiger partial charge in [0.05, 0.1) is 5.52 Å². The van der Waals surface area contributed by atoms with E-state index in [0.29, 0.717) is 5.39 Å². The molecule has 1 aliphatic rings. The lowest BCUT2D eigenvalue weighted by molar-refractivity contribution is 0.102. The van der Waals surface area contributed by atoms with E-state index >= 15 is 0 Å². The van der Waals surface area contributed by atoms with E-state index in [1.165, 1.54) is 5.56 Å². The van der Waals surface area contributed by atoms with Crippen LogP contribution in [0.4, 0.5) is 5.69 Å². The number of nitrogens with one attached hydrogen (secondary N) is 1. The molecule has 2 heterocycles. The first-order chi connectivity index (χ1) is 12.9. The highest BCUT2D eigenvalue weighted by Crippen LogP contribution is 2.31. The maximum Gasteiger partial charge on any atom is 0.261 e. The number of hydrogen-bond acceptors (Lipinski definition) is 2. The molecule has 1 aromatic heterocycles. The standard InChI is InChI=1S/C23H24N2O2/c1-13(2)17-9-5-7-14(3)20(17)24-23(27)19-12-25-15(4)11-16-8-6-10-18(21(16)25)22(19)26/h5-10,12-13,15H,11H2,1-4H3,(H,24,27)/t15-/m1/s1. The zero-order valence-corrected chi connectivity index (χ0v) is 16.2. The number of benzene rings is 2. The lowest BCUT2D eigenvalue weighted by Crippen LogP contribution is -2.24. The summed E-state index contributed by atoms with van der Waals surface area (Å²) in [5.41, 5.74) is 5.01. The fourth-order valence-corrected chi connectivity index (χ4v) is 4.10. The fourth-order valence-electron chi connectivity index (χ4n) is 4.10. The van der Waals surface area contributed by atoms with Crippen molar-refractivity contribution in [3.8, 4) is 0 Å². The number of amides is 1. The number of anilines is 1. The predicted octanol–water partition coefficient (Wildman–Crippen LogP) is 4.80. The second kappa shape index (κ2) is 6.38. The molecule has 4 heteroatoms. The molecular weight excluding hydrogens is 336 g/mol. The van der Waals surface area contributed by atoms with E-state index in [2.05, 4.69) is 36.7 Å². The summed E-state index contributed by atoms with van der Waals surface area (Å²) in [5.74, 6) is -0.0653. The van der Waals surface area contributed by atoms with Gasteiger partial charge in [0.25, 0.3) is 5.91 Å². The van der Waals surface area contributed by atoms with E-state index in [0.717, 1.165) is 28.8 Å². The molecule has 0 unspecified atom stereocenters. The second-order valence-corrected chi connectivity index (χ2v) is 7.79. The second-order valence-electron chi connectivity index (χ2n) is 7.79. The van der Waals surface area contributed by atoms with Crippen molar-refractivity contribution in [1.29, 1.82) is 0 Å². The molecule has 3 aromatic rings. The van der Waals surface area contributed by atoms with Gasteiger partial charge in [0.2, 0.25) is 5.43 Å². The maximum absolute atomic E-state index is 13.1. The number of nitrogens with zero attached hydrogens (tertiary/aromatic N) is 1. The largest absolute Gasteiger partial charge is 0.343 e. The van der Waals surface area contributed by atoms with E-state index in [9.17, 15) is 9.59 Å². The van der Waals surface area contributed by atoms with Gasteiger partial charge in [0.15, 0.2) is 0 Å². The van der Waals surface area contributed by atoms with Crippen molar-refractivity contribution in [2.75, 3.05) is 5.32 Å². The number of aryl methyl sites for hydroxylation is 1. The summed E-state index contributed by atoms with van der Waals surface area (Å²) in [5, 5.41) is 3.64. The van der Waals surface area contributed by atoms with Crippen LogP contribution >= 0.6 is 0 Å². The smallest absolute Gasteiger partial charge is 0.261 e. The van der Waals surface area contributed by atoms with Crippen LogP contribution in [-0.2, 0) is 6.42 Å². The van der Waals surface area contributed by atoms with Crippen LogP contribution in [0.25, 0.3) is 10.9 Å². The molecule has 0 bridgehead atoms. The first-order valence-electron chi connectivity index (χ1n) is 9.46. The lowest BCUT2D eigenvalue weighted by Gasteiger charge is -2.17. The van der Waals surface area contributed by atoms with Gasteiger partial charge in [-0.2, -0.15) is 0 Å². The van der Waals surface area contributed by atoms with Crippen LogP contribution in [0, 0.1) is 6.92 Å². The number of rotatable bonds is 3. The summed E-state index contributed by atoms with van der Waals surface area (Å²) < 4.78 is 2.07. The highest BCUT2D eigenvalue weighted by Gasteiger charge is 2.25. The highest BCUT2D eigenvalue weighted by molar-refractivity contribution is 6.06. The van der Waals surface area contributed by atoms with Gasteiger partial charge in [-0.1, -0.05) is 44.2 Å². The third-order valence-electron chi connectivity index (χ3n) is 5.54. The van der Waals surface area contributed by atoms with Crippen LogP contribution in [0.15, 0.2) is 47.4 Å². The Balaban J connectivity index is 1.83. The van der Waals surface area contributed by atoms with Crippen LogP contribution in [0.2, 0.25) is 0 Å². The molecule has 1 atom stereocenters. The Morgan fingerprint density at radius 1 is 1.19 bits per heavy atom. The van der Waals surface area contributed by atoms with Gasteiger partial charge in [-0.3, -0.25) is 9.59 Å². The van der Waals surface area contributed by atoms with Crippen molar-refractivity contribution >= 4 is 22.5 Å². The van der Waals surface area contributed by atoms with Crippen LogP contribution in [0.5, 0.6) is 0 Å². The third kappa shape index (κ3) is 2.76. The molecule has 2 aromatic carbocycles. The fraction of sp³-hybridized carbons (Fsp3) is 0.304. The summed E-state index contributed by atoms with van der Waals surface area (Å²) in [6, 6.07) is 12.0. The van der Waals surface area contributed by atoms with Crippen molar-refractivity contribution in [2.45, 2.75) is 46.1 Å². The molecule has 0 saturated heterocycles. The van der Waals surface area contributed by atoms with Crippen molar-refractivity contribution in [3.05, 3.63) is 75.1 Å². The molecule has 1 aliphatic heterocycles. The monoisotopic (exact) mass is 360 g/mol. The molecule has 0 saturated carbocycles. The number of hydrogen-bond donors (Lipinski definition) is 1. The van der Waals surface area contributed by atoms with Gasteiger partial charge < -0.3 is 9.88 Å². The SMILES string of the molecule is Cc1cccc(C(C)C)c1NC(=O)c1cn2c3c(cccc3c1=O)C[C@H]2C. The van der Waals surface area contributed by atoms with Crippen LogP contribution in [0.1, 0.15) is 59.8 Å². The molecular formula is C23H24N2O2. The zero-order chi connectivity index (χ0) is 19.3. The molecule has 27 heavy (non-hydrogen) atoms. The Morgan fingerprint density at radius 3 is 2.67 bits per heavy atom. The number of carbonyl (C=O) groups is 1. The Labute approximate surface area is 158 Å². The summed E-state index contributed by atoms with van der Waals surface area (Å²) in [6.07, 6.45) is 2.62. The number of pyridine rings is 1. The Bertz CT molecular complexity index is 1130. The number of para-hydroxylation sites is 2. The van der Waals surface area contributed by atoms with Crippen LogP contribution in [0.3, 0.4) is 0 Å². The minimum absolute atomic E-state index is 0.200. The van der Waals surface area contributed by atoms with Gasteiger partial charge in [0, 0.05) is 23.3 Å². The Kier molecular flexibility index (Phi) is 4.14. The average molecular weight is 360 g/mol. The van der Waals surface area contributed by atoms with E-state index in [4.69, 9.17) is 0 Å². The van der Waals surface area contributed by atoms with Crippen molar-refractivity contribution < 1.29 is 4.79 Å². The predicted molar refractivity (Wildman–Crippen MR) is 110 cm³/mol. The number of aromatic nitrogens is 1. The van der Waals surface area contributed by atoms with Gasteiger partial charge in [-0.15, -0.1) is 0 Å². The van der Waals surface area contributed by atoms with E-state index in [-0.39, 0.29) is 28.9 Å². The summed E-state index contributed by atoms with van der Waals surface area (Å²) >= 11 is 0. The average Bonchev–Trinajstić information content (AvgIpc) is 2.95. The summed E-state index contributed by atoms with van der Waals surface area (Å²) in [4.78, 5) is 26.1. The minimum atomic E-state index is -0.341. The van der Waals surface area contributed by atoms with Crippen molar-refractivity contribution in [1.82, 2.24) is 4.57 Å². The highest BCUT2D eigenvalue weighted by atomic mass is 16.2. The maximum atomic E-state index is 13.1. The Hall–Kier alpha value is -2.88. The van der Waals surface area contributed by atoms with Gasteiger partial charge in [-0.25, -0.2) is 0 Å².